The number of phenols is 4. The highest BCUT2D eigenvalue weighted by Gasteiger charge is 2.46. The molecule has 2 aliphatic rings. The van der Waals surface area contributed by atoms with Gasteiger partial charge in [-0.1, -0.05) is 0 Å². The molecule has 6 unspecified atom stereocenters. The molecule has 13 heteroatoms. The van der Waals surface area contributed by atoms with Gasteiger partial charge in [0, 0.05) is 12.0 Å². The first-order valence-electron chi connectivity index (χ1n) is 10.8. The molecule has 0 bridgehead atoms. The number of hydrogen-bond acceptors (Lipinski definition) is 13. The third-order valence-electron chi connectivity index (χ3n) is 6.04. The van der Waals surface area contributed by atoms with E-state index in [1.165, 1.54) is 6.07 Å². The molecular weight excluding hydrogens is 484 g/mol. The summed E-state index contributed by atoms with van der Waals surface area (Å²) in [7, 11) is 0. The monoisotopic (exact) mass is 508 g/mol. The number of carbonyl (C=O) groups is 2. The standard InChI is InChI=1S/C23H24O13/c24-9-1-2-11(26)17-14(4-3-10(25)16(9)17)35-23-21(32)20(31)19(30)15(36-23)7-34-22(33)8-5-12(27)18(29)13(28)6-8/h3-6,11,15,19-21,23,25-32H,1-2,7H2. The summed E-state index contributed by atoms with van der Waals surface area (Å²) in [6.45, 7) is -0.666. The highest BCUT2D eigenvalue weighted by atomic mass is 16.7. The molecule has 1 saturated heterocycles. The Hall–Kier alpha value is -3.62. The maximum Gasteiger partial charge on any atom is 0.338 e. The van der Waals surface area contributed by atoms with E-state index in [9.17, 15) is 50.4 Å². The number of fused-ring (bicyclic) bond motifs is 1. The first-order valence-corrected chi connectivity index (χ1v) is 10.8. The van der Waals surface area contributed by atoms with E-state index in [1.54, 1.807) is 0 Å². The van der Waals surface area contributed by atoms with Gasteiger partial charge >= 0.3 is 5.97 Å². The molecule has 2 aromatic carbocycles. The van der Waals surface area contributed by atoms with E-state index in [4.69, 9.17) is 14.2 Å². The minimum absolute atomic E-state index is 0.00264. The molecule has 0 radical (unpaired) electrons. The lowest BCUT2D eigenvalue weighted by Crippen LogP contribution is -2.60. The Balaban J connectivity index is 1.51. The quantitative estimate of drug-likeness (QED) is 0.190. The molecule has 0 spiro atoms. The molecule has 13 nitrogen and oxygen atoms in total. The zero-order chi connectivity index (χ0) is 26.3. The first kappa shape index (κ1) is 25.5. The van der Waals surface area contributed by atoms with Crippen molar-refractivity contribution in [2.75, 3.05) is 6.61 Å². The molecule has 2 aromatic rings. The maximum atomic E-state index is 12.3. The van der Waals surface area contributed by atoms with Gasteiger partial charge in [0.1, 0.15) is 42.5 Å². The van der Waals surface area contributed by atoms with E-state index < -0.39 is 72.4 Å². The number of aliphatic hydroxyl groups is 4. The van der Waals surface area contributed by atoms with Gasteiger partial charge in [-0.3, -0.25) is 4.79 Å². The SMILES string of the molecule is O=C(OCC1OC(Oc2ccc(O)c3c2C(O)CCC3=O)C(O)C(O)C1O)c1cc(O)c(O)c(O)c1. The molecule has 8 N–H and O–H groups in total. The Morgan fingerprint density at radius 3 is 2.28 bits per heavy atom. The fraction of sp³-hybridized carbons (Fsp3) is 0.391. The Morgan fingerprint density at radius 2 is 1.61 bits per heavy atom. The summed E-state index contributed by atoms with van der Waals surface area (Å²) in [4.78, 5) is 24.6. The predicted molar refractivity (Wildman–Crippen MR) is 116 cm³/mol. The van der Waals surface area contributed by atoms with Gasteiger partial charge in [-0.05, 0) is 30.7 Å². The van der Waals surface area contributed by atoms with E-state index in [-0.39, 0.29) is 41.0 Å². The van der Waals surface area contributed by atoms with Crippen LogP contribution in [0.5, 0.6) is 28.7 Å². The van der Waals surface area contributed by atoms with Crippen LogP contribution < -0.4 is 4.74 Å². The number of ether oxygens (including phenoxy) is 3. The van der Waals surface area contributed by atoms with Crippen LogP contribution in [-0.2, 0) is 9.47 Å². The number of aromatic hydroxyl groups is 4. The van der Waals surface area contributed by atoms with Gasteiger partial charge in [-0.15, -0.1) is 0 Å². The van der Waals surface area contributed by atoms with E-state index in [0.29, 0.717) is 0 Å². The number of aliphatic hydroxyl groups excluding tert-OH is 4. The molecule has 1 fully saturated rings. The van der Waals surface area contributed by atoms with Crippen LogP contribution in [0, 0.1) is 0 Å². The number of benzene rings is 2. The molecule has 1 heterocycles. The molecule has 4 rings (SSSR count). The number of carbonyl (C=O) groups excluding carboxylic acids is 2. The molecule has 6 atom stereocenters. The van der Waals surface area contributed by atoms with Crippen molar-refractivity contribution in [3.05, 3.63) is 41.0 Å². The third kappa shape index (κ3) is 4.62. The Labute approximate surface area is 203 Å². The van der Waals surface area contributed by atoms with Gasteiger partial charge in [0.25, 0.3) is 0 Å². The second kappa shape index (κ2) is 9.79. The van der Waals surface area contributed by atoms with E-state index in [1.807, 2.05) is 0 Å². The molecular formula is C23H24O13. The predicted octanol–water partition coefficient (Wildman–Crippen LogP) is -0.438. The average Bonchev–Trinajstić information content (AvgIpc) is 2.84. The van der Waals surface area contributed by atoms with E-state index in [2.05, 4.69) is 0 Å². The summed E-state index contributed by atoms with van der Waals surface area (Å²) in [6.07, 6.45) is -9.48. The summed E-state index contributed by atoms with van der Waals surface area (Å²) in [5, 5.41) is 79.9. The average molecular weight is 508 g/mol. The molecule has 0 saturated carbocycles. The highest BCUT2D eigenvalue weighted by molar-refractivity contribution is 6.01. The van der Waals surface area contributed by atoms with Crippen molar-refractivity contribution in [2.45, 2.75) is 49.7 Å². The van der Waals surface area contributed by atoms with Crippen LogP contribution in [0.1, 0.15) is 45.2 Å². The van der Waals surface area contributed by atoms with Crippen LogP contribution >= 0.6 is 0 Å². The number of ketones is 1. The zero-order valence-electron chi connectivity index (χ0n) is 18.5. The fourth-order valence-corrected chi connectivity index (χ4v) is 4.09. The summed E-state index contributed by atoms with van der Waals surface area (Å²) in [6, 6.07) is 4.07. The fourth-order valence-electron chi connectivity index (χ4n) is 4.09. The number of phenolic OH excluding ortho intramolecular Hbond substituents is 4. The second-order valence-electron chi connectivity index (χ2n) is 8.44. The van der Waals surface area contributed by atoms with E-state index >= 15 is 0 Å². The van der Waals surface area contributed by atoms with Crippen molar-refractivity contribution in [2.24, 2.45) is 0 Å². The van der Waals surface area contributed by atoms with Gasteiger partial charge in [-0.2, -0.15) is 0 Å². The topological polar surface area (TPSA) is 224 Å². The number of esters is 1. The van der Waals surface area contributed by atoms with Crippen molar-refractivity contribution >= 4 is 11.8 Å². The zero-order valence-corrected chi connectivity index (χ0v) is 18.5. The Kier molecular flexibility index (Phi) is 6.93. The van der Waals surface area contributed by atoms with Crippen molar-refractivity contribution < 1.29 is 64.7 Å². The van der Waals surface area contributed by atoms with Gasteiger partial charge in [0.2, 0.25) is 6.29 Å². The normalized spacial score (nSPS) is 27.8. The van der Waals surface area contributed by atoms with Crippen molar-refractivity contribution in [3.63, 3.8) is 0 Å². The van der Waals surface area contributed by atoms with Crippen LogP contribution in [0.2, 0.25) is 0 Å². The van der Waals surface area contributed by atoms with Gasteiger partial charge in [0.05, 0.1) is 17.2 Å². The molecule has 1 aliphatic carbocycles. The lowest BCUT2D eigenvalue weighted by Gasteiger charge is -2.40. The molecule has 0 amide bonds. The summed E-state index contributed by atoms with van der Waals surface area (Å²) < 4.78 is 16.1. The van der Waals surface area contributed by atoms with Gasteiger partial charge in [-0.25, -0.2) is 4.79 Å². The molecule has 194 valence electrons. The first-order chi connectivity index (χ1) is 17.0. The second-order valence-corrected chi connectivity index (χ2v) is 8.44. The molecule has 1 aliphatic heterocycles. The van der Waals surface area contributed by atoms with Crippen LogP contribution in [0.15, 0.2) is 24.3 Å². The van der Waals surface area contributed by atoms with Gasteiger partial charge in [0.15, 0.2) is 23.0 Å². The minimum atomic E-state index is -1.81. The van der Waals surface area contributed by atoms with Crippen LogP contribution in [0.25, 0.3) is 0 Å². The maximum absolute atomic E-state index is 12.3. The van der Waals surface area contributed by atoms with Crippen LogP contribution in [0.4, 0.5) is 0 Å². The minimum Gasteiger partial charge on any atom is -0.507 e. The number of rotatable bonds is 5. The summed E-state index contributed by atoms with van der Waals surface area (Å²) >= 11 is 0. The Bertz CT molecular complexity index is 1160. The van der Waals surface area contributed by atoms with Crippen molar-refractivity contribution in [3.8, 4) is 28.7 Å². The lowest BCUT2D eigenvalue weighted by molar-refractivity contribution is -0.277. The van der Waals surface area contributed by atoms with Crippen molar-refractivity contribution in [1.29, 1.82) is 0 Å². The number of hydrogen-bond donors (Lipinski definition) is 8. The molecule has 0 aromatic heterocycles. The third-order valence-corrected chi connectivity index (χ3v) is 6.04. The number of Topliss-reactive ketones (excluding diaryl/α,β-unsaturated/α-hetero) is 1. The highest BCUT2D eigenvalue weighted by Crippen LogP contribution is 2.42. The van der Waals surface area contributed by atoms with Gasteiger partial charge < -0.3 is 55.1 Å². The van der Waals surface area contributed by atoms with E-state index in [0.717, 1.165) is 18.2 Å². The lowest BCUT2D eigenvalue weighted by atomic mass is 9.87. The largest absolute Gasteiger partial charge is 0.507 e. The van der Waals surface area contributed by atoms with Crippen LogP contribution in [-0.4, -0.2) is 89.9 Å². The smallest absolute Gasteiger partial charge is 0.338 e. The summed E-state index contributed by atoms with van der Waals surface area (Å²) in [5.74, 6) is -4.36. The van der Waals surface area contributed by atoms with Crippen molar-refractivity contribution in [1.82, 2.24) is 0 Å². The molecule has 36 heavy (non-hydrogen) atoms. The Morgan fingerprint density at radius 1 is 0.944 bits per heavy atom. The van der Waals surface area contributed by atoms with Crippen LogP contribution in [0.3, 0.4) is 0 Å². The summed E-state index contributed by atoms with van der Waals surface area (Å²) in [5.41, 5.74) is -0.489.